The highest BCUT2D eigenvalue weighted by Gasteiger charge is 2.37. The zero-order valence-corrected chi connectivity index (χ0v) is 8.47. The lowest BCUT2D eigenvalue weighted by Crippen LogP contribution is -2.32. The quantitative estimate of drug-likeness (QED) is 0.612. The Bertz CT molecular complexity index is 276. The van der Waals surface area contributed by atoms with E-state index in [0.717, 1.165) is 0 Å². The monoisotopic (exact) mass is 225 g/mol. The van der Waals surface area contributed by atoms with Crippen molar-refractivity contribution in [2.24, 2.45) is 16.5 Å². The summed E-state index contributed by atoms with van der Waals surface area (Å²) < 4.78 is 37.0. The molecule has 4 nitrogen and oxygen atoms in total. The van der Waals surface area contributed by atoms with Gasteiger partial charge in [-0.3, -0.25) is 4.99 Å². The van der Waals surface area contributed by atoms with Gasteiger partial charge < -0.3 is 16.6 Å². The van der Waals surface area contributed by atoms with Crippen molar-refractivity contribution in [2.75, 3.05) is 6.54 Å². The highest BCUT2D eigenvalue weighted by molar-refractivity contribution is 6.03. The van der Waals surface area contributed by atoms with E-state index in [9.17, 15) is 18.3 Å². The molecular formula is C8H14F3N3O. The van der Waals surface area contributed by atoms with Crippen LogP contribution in [-0.4, -0.2) is 29.1 Å². The third-order valence-corrected chi connectivity index (χ3v) is 1.35. The third kappa shape index (κ3) is 5.26. The molecule has 0 aromatic heterocycles. The molecule has 0 spiro atoms. The minimum absolute atomic E-state index is 0.406. The summed E-state index contributed by atoms with van der Waals surface area (Å²) >= 11 is 0. The number of nitrogens with zero attached hydrogens (tertiary/aromatic N) is 1. The Labute approximate surface area is 85.5 Å². The van der Waals surface area contributed by atoms with Gasteiger partial charge in [0, 0.05) is 6.20 Å². The first-order valence-electron chi connectivity index (χ1n) is 4.09. The molecule has 0 fully saturated rings. The van der Waals surface area contributed by atoms with Gasteiger partial charge in [-0.1, -0.05) is 0 Å². The van der Waals surface area contributed by atoms with E-state index in [1.165, 1.54) is 13.8 Å². The fourth-order valence-corrected chi connectivity index (χ4v) is 0.696. The Hall–Kier alpha value is -1.24. The maximum atomic E-state index is 12.3. The molecule has 0 rings (SSSR count). The lowest BCUT2D eigenvalue weighted by molar-refractivity contribution is -0.0587. The maximum absolute atomic E-state index is 12.3. The Balaban J connectivity index is 4.98. The summed E-state index contributed by atoms with van der Waals surface area (Å²) in [5.74, 6) is 0. The Morgan fingerprint density at radius 3 is 2.13 bits per heavy atom. The SMILES string of the molecule is CC(C)(O)CN=C(C(N)=CN)C(F)(F)F. The van der Waals surface area contributed by atoms with Gasteiger partial charge in [-0.2, -0.15) is 13.2 Å². The number of alkyl halides is 3. The number of rotatable bonds is 3. The van der Waals surface area contributed by atoms with Crippen LogP contribution in [0.4, 0.5) is 13.2 Å². The predicted octanol–water partition coefficient (Wildman–Crippen LogP) is 0.519. The topological polar surface area (TPSA) is 84.6 Å². The van der Waals surface area contributed by atoms with Crippen LogP contribution in [-0.2, 0) is 0 Å². The second-order valence-corrected chi connectivity index (χ2v) is 3.60. The van der Waals surface area contributed by atoms with Crippen LogP contribution in [0.1, 0.15) is 13.8 Å². The van der Waals surface area contributed by atoms with Crippen molar-refractivity contribution >= 4 is 5.71 Å². The van der Waals surface area contributed by atoms with Crippen molar-refractivity contribution in [2.45, 2.75) is 25.6 Å². The molecule has 0 saturated carbocycles. The first-order valence-corrected chi connectivity index (χ1v) is 4.09. The molecule has 0 radical (unpaired) electrons. The standard InChI is InChI=1S/C8H14F3N3O/c1-7(2,15)4-14-6(5(13)3-12)8(9,10)11/h3,15H,4,12-13H2,1-2H3. The van der Waals surface area contributed by atoms with E-state index in [4.69, 9.17) is 11.5 Å². The van der Waals surface area contributed by atoms with Crippen molar-refractivity contribution < 1.29 is 18.3 Å². The van der Waals surface area contributed by atoms with E-state index < -0.39 is 29.7 Å². The molecule has 88 valence electrons. The van der Waals surface area contributed by atoms with Crippen LogP contribution in [0, 0.1) is 0 Å². The summed E-state index contributed by atoms with van der Waals surface area (Å²) in [5.41, 5.74) is 6.66. The van der Waals surface area contributed by atoms with E-state index in [-0.39, 0.29) is 0 Å². The minimum Gasteiger partial charge on any atom is -0.403 e. The molecule has 0 aliphatic rings. The maximum Gasteiger partial charge on any atom is 0.435 e. The molecule has 0 atom stereocenters. The number of hydrogen-bond acceptors (Lipinski definition) is 4. The van der Waals surface area contributed by atoms with E-state index in [1.807, 2.05) is 0 Å². The van der Waals surface area contributed by atoms with E-state index in [2.05, 4.69) is 4.99 Å². The van der Waals surface area contributed by atoms with Crippen LogP contribution in [0.2, 0.25) is 0 Å². The number of aliphatic hydroxyl groups is 1. The van der Waals surface area contributed by atoms with Crippen LogP contribution in [0.3, 0.4) is 0 Å². The number of hydrogen-bond donors (Lipinski definition) is 3. The highest BCUT2D eigenvalue weighted by atomic mass is 19.4. The fourth-order valence-electron chi connectivity index (χ4n) is 0.696. The molecule has 0 heterocycles. The zero-order valence-electron chi connectivity index (χ0n) is 8.47. The molecule has 0 bridgehead atoms. The van der Waals surface area contributed by atoms with Crippen LogP contribution in [0.15, 0.2) is 16.9 Å². The number of nitrogens with two attached hydrogens (primary N) is 2. The van der Waals surface area contributed by atoms with Gasteiger partial charge >= 0.3 is 6.18 Å². The second kappa shape index (κ2) is 4.52. The molecule has 7 heteroatoms. The van der Waals surface area contributed by atoms with E-state index >= 15 is 0 Å². The summed E-state index contributed by atoms with van der Waals surface area (Å²) in [6.07, 6.45) is -4.05. The predicted molar refractivity (Wildman–Crippen MR) is 51.1 cm³/mol. The number of aliphatic imine (C=N–C) groups is 1. The third-order valence-electron chi connectivity index (χ3n) is 1.35. The summed E-state index contributed by atoms with van der Waals surface area (Å²) in [6, 6.07) is 0. The number of halogens is 3. The molecule has 5 N–H and O–H groups in total. The van der Waals surface area contributed by atoms with Gasteiger partial charge in [0.2, 0.25) is 0 Å². The molecule has 0 aliphatic heterocycles. The summed E-state index contributed by atoms with van der Waals surface area (Å²) in [7, 11) is 0. The average Bonchev–Trinajstić information content (AvgIpc) is 1.99. The smallest absolute Gasteiger partial charge is 0.403 e. The lowest BCUT2D eigenvalue weighted by atomic mass is 10.1. The minimum atomic E-state index is -4.68. The molecule has 0 amide bonds. The van der Waals surface area contributed by atoms with Crippen LogP contribution >= 0.6 is 0 Å². The Morgan fingerprint density at radius 2 is 1.87 bits per heavy atom. The Morgan fingerprint density at radius 1 is 1.40 bits per heavy atom. The van der Waals surface area contributed by atoms with Crippen LogP contribution < -0.4 is 11.5 Å². The lowest BCUT2D eigenvalue weighted by Gasteiger charge is -2.16. The van der Waals surface area contributed by atoms with Gasteiger partial charge in [0.15, 0.2) is 5.71 Å². The fraction of sp³-hybridized carbons (Fsp3) is 0.625. The Kier molecular flexibility index (Phi) is 4.15. The van der Waals surface area contributed by atoms with Gasteiger partial charge in [-0.05, 0) is 13.8 Å². The van der Waals surface area contributed by atoms with Crippen molar-refractivity contribution in [1.82, 2.24) is 0 Å². The van der Waals surface area contributed by atoms with Crippen molar-refractivity contribution in [1.29, 1.82) is 0 Å². The normalized spacial score (nSPS) is 15.6. The molecule has 0 unspecified atom stereocenters. The summed E-state index contributed by atoms with van der Waals surface area (Å²) in [6.45, 7) is 2.27. The first-order chi connectivity index (χ1) is 6.58. The van der Waals surface area contributed by atoms with E-state index in [1.54, 1.807) is 0 Å². The van der Waals surface area contributed by atoms with Gasteiger partial charge in [0.25, 0.3) is 0 Å². The van der Waals surface area contributed by atoms with E-state index in [0.29, 0.717) is 6.20 Å². The van der Waals surface area contributed by atoms with Gasteiger partial charge in [-0.25, -0.2) is 0 Å². The zero-order chi connectivity index (χ0) is 12.3. The average molecular weight is 225 g/mol. The molecule has 0 aromatic carbocycles. The largest absolute Gasteiger partial charge is 0.435 e. The molecule has 0 aliphatic carbocycles. The first kappa shape index (κ1) is 13.8. The summed E-state index contributed by atoms with van der Waals surface area (Å²) in [5, 5.41) is 9.22. The van der Waals surface area contributed by atoms with Gasteiger partial charge in [0.05, 0.1) is 17.8 Å². The molecule has 15 heavy (non-hydrogen) atoms. The summed E-state index contributed by atoms with van der Waals surface area (Å²) in [4.78, 5) is 3.21. The van der Waals surface area contributed by atoms with Crippen LogP contribution in [0.25, 0.3) is 0 Å². The number of allylic oxidation sites excluding steroid dienone is 1. The molecule has 0 aromatic rings. The van der Waals surface area contributed by atoms with Gasteiger partial charge in [0.1, 0.15) is 0 Å². The van der Waals surface area contributed by atoms with Crippen molar-refractivity contribution in [3.05, 3.63) is 11.9 Å². The van der Waals surface area contributed by atoms with Gasteiger partial charge in [-0.15, -0.1) is 0 Å². The van der Waals surface area contributed by atoms with Crippen molar-refractivity contribution in [3.63, 3.8) is 0 Å². The second-order valence-electron chi connectivity index (χ2n) is 3.60. The molecule has 0 saturated heterocycles. The van der Waals surface area contributed by atoms with Crippen LogP contribution in [0.5, 0.6) is 0 Å². The molecular weight excluding hydrogens is 211 g/mol. The highest BCUT2D eigenvalue weighted by Crippen LogP contribution is 2.20. The van der Waals surface area contributed by atoms with Crippen molar-refractivity contribution in [3.8, 4) is 0 Å².